The van der Waals surface area contributed by atoms with E-state index < -0.39 is 5.97 Å². The molecule has 0 saturated heterocycles. The summed E-state index contributed by atoms with van der Waals surface area (Å²) in [6.07, 6.45) is 1.53. The highest BCUT2D eigenvalue weighted by atomic mass is 16.5. The lowest BCUT2D eigenvalue weighted by Crippen LogP contribution is -1.92. The van der Waals surface area contributed by atoms with Gasteiger partial charge in [0.1, 0.15) is 11.4 Å². The first-order valence-electron chi connectivity index (χ1n) is 5.16. The van der Waals surface area contributed by atoms with Crippen molar-refractivity contribution in [2.75, 3.05) is 0 Å². The summed E-state index contributed by atoms with van der Waals surface area (Å²) in [7, 11) is 0. The number of benzene rings is 1. The van der Waals surface area contributed by atoms with Crippen molar-refractivity contribution in [3.63, 3.8) is 0 Å². The molecule has 6 heteroatoms. The Balaban J connectivity index is 2.10. The summed E-state index contributed by atoms with van der Waals surface area (Å²) in [5.41, 5.74) is 2.31. The lowest BCUT2D eigenvalue weighted by atomic mass is 10.2. The van der Waals surface area contributed by atoms with Crippen molar-refractivity contribution in [3.05, 3.63) is 42.3 Å². The lowest BCUT2D eigenvalue weighted by molar-refractivity contribution is 0.0652. The van der Waals surface area contributed by atoms with Gasteiger partial charge in [0, 0.05) is 6.07 Å². The quantitative estimate of drug-likeness (QED) is 0.737. The second-order valence-electron chi connectivity index (χ2n) is 3.63. The van der Waals surface area contributed by atoms with Gasteiger partial charge in [-0.2, -0.15) is 0 Å². The van der Waals surface area contributed by atoms with Gasteiger partial charge >= 0.3 is 5.97 Å². The van der Waals surface area contributed by atoms with Crippen molar-refractivity contribution < 1.29 is 14.4 Å². The summed E-state index contributed by atoms with van der Waals surface area (Å²) in [4.78, 5) is 19.2. The van der Waals surface area contributed by atoms with E-state index >= 15 is 0 Å². The van der Waals surface area contributed by atoms with Crippen LogP contribution in [0, 0.1) is 0 Å². The number of carboxylic acid groups (broad SMARTS) is 1. The molecule has 3 rings (SSSR count). The Bertz CT molecular complexity index is 736. The van der Waals surface area contributed by atoms with Gasteiger partial charge in [-0.15, -0.1) is 0 Å². The SMILES string of the molecule is O=C(O)c1cc(-c2cnc3ccccc3n2)no1. The van der Waals surface area contributed by atoms with Crippen molar-refractivity contribution in [2.24, 2.45) is 0 Å². The molecular formula is C12H7N3O3. The minimum Gasteiger partial charge on any atom is -0.475 e. The fourth-order valence-corrected chi connectivity index (χ4v) is 1.58. The minimum atomic E-state index is -1.16. The normalized spacial score (nSPS) is 10.7. The highest BCUT2D eigenvalue weighted by Crippen LogP contribution is 2.18. The van der Waals surface area contributed by atoms with Crippen molar-refractivity contribution in [1.29, 1.82) is 0 Å². The Morgan fingerprint density at radius 2 is 1.94 bits per heavy atom. The van der Waals surface area contributed by atoms with E-state index in [4.69, 9.17) is 5.11 Å². The molecule has 0 amide bonds. The molecule has 0 aliphatic heterocycles. The van der Waals surface area contributed by atoms with Crippen LogP contribution in [0.15, 0.2) is 41.1 Å². The van der Waals surface area contributed by atoms with Gasteiger partial charge in [0.2, 0.25) is 5.76 Å². The molecule has 0 spiro atoms. The van der Waals surface area contributed by atoms with Crippen LogP contribution < -0.4 is 0 Å². The van der Waals surface area contributed by atoms with Crippen LogP contribution in [0.3, 0.4) is 0 Å². The van der Waals surface area contributed by atoms with Crippen LogP contribution in [0.1, 0.15) is 10.6 Å². The monoisotopic (exact) mass is 241 g/mol. The van der Waals surface area contributed by atoms with E-state index in [1.807, 2.05) is 24.3 Å². The molecule has 6 nitrogen and oxygen atoms in total. The zero-order chi connectivity index (χ0) is 12.5. The first-order valence-corrected chi connectivity index (χ1v) is 5.16. The van der Waals surface area contributed by atoms with Crippen LogP contribution in [0.5, 0.6) is 0 Å². The van der Waals surface area contributed by atoms with Gasteiger partial charge in [0.15, 0.2) is 0 Å². The summed E-state index contributed by atoms with van der Waals surface area (Å²) in [5, 5.41) is 12.4. The molecule has 0 fully saturated rings. The number of hydrogen-bond acceptors (Lipinski definition) is 5. The highest BCUT2D eigenvalue weighted by molar-refractivity contribution is 5.85. The van der Waals surface area contributed by atoms with E-state index in [1.165, 1.54) is 12.3 Å². The lowest BCUT2D eigenvalue weighted by Gasteiger charge is -1.97. The maximum Gasteiger partial charge on any atom is 0.374 e. The number of aromatic nitrogens is 3. The van der Waals surface area contributed by atoms with Gasteiger partial charge in [-0.1, -0.05) is 17.3 Å². The summed E-state index contributed by atoms with van der Waals surface area (Å²) >= 11 is 0. The van der Waals surface area contributed by atoms with Crippen LogP contribution in [0.4, 0.5) is 0 Å². The van der Waals surface area contributed by atoms with Gasteiger partial charge in [-0.25, -0.2) is 9.78 Å². The van der Waals surface area contributed by atoms with E-state index in [0.717, 1.165) is 11.0 Å². The first-order chi connectivity index (χ1) is 8.74. The molecule has 1 aromatic carbocycles. The molecule has 0 aliphatic carbocycles. The average Bonchev–Trinajstić information content (AvgIpc) is 2.88. The number of hydrogen-bond donors (Lipinski definition) is 1. The molecule has 0 radical (unpaired) electrons. The predicted octanol–water partition coefficient (Wildman–Crippen LogP) is 1.98. The Labute approximate surface area is 101 Å². The average molecular weight is 241 g/mol. The summed E-state index contributed by atoms with van der Waals surface area (Å²) in [6.45, 7) is 0. The molecule has 2 heterocycles. The summed E-state index contributed by atoms with van der Waals surface area (Å²) in [5.74, 6) is -1.39. The number of aromatic carboxylic acids is 1. The Morgan fingerprint density at radius 3 is 2.67 bits per heavy atom. The van der Waals surface area contributed by atoms with E-state index in [2.05, 4.69) is 19.6 Å². The fourth-order valence-electron chi connectivity index (χ4n) is 1.58. The molecular weight excluding hydrogens is 234 g/mol. The Hall–Kier alpha value is -2.76. The third-order valence-electron chi connectivity index (χ3n) is 2.43. The maximum absolute atomic E-state index is 10.7. The second kappa shape index (κ2) is 3.92. The van der Waals surface area contributed by atoms with Gasteiger partial charge in [0.05, 0.1) is 17.2 Å². The zero-order valence-electron chi connectivity index (χ0n) is 9.07. The first kappa shape index (κ1) is 10.4. The van der Waals surface area contributed by atoms with Crippen molar-refractivity contribution >= 4 is 17.0 Å². The number of rotatable bonds is 2. The third-order valence-corrected chi connectivity index (χ3v) is 2.43. The molecule has 0 atom stereocenters. The van der Waals surface area contributed by atoms with Crippen molar-refractivity contribution in [2.45, 2.75) is 0 Å². The number of carboxylic acids is 1. The molecule has 3 aromatic rings. The molecule has 88 valence electrons. The van der Waals surface area contributed by atoms with Crippen LogP contribution in [0.2, 0.25) is 0 Å². The van der Waals surface area contributed by atoms with Crippen molar-refractivity contribution in [3.8, 4) is 11.4 Å². The van der Waals surface area contributed by atoms with Crippen LogP contribution in [0.25, 0.3) is 22.4 Å². The number of fused-ring (bicyclic) bond motifs is 1. The van der Waals surface area contributed by atoms with E-state index in [-0.39, 0.29) is 5.76 Å². The second-order valence-corrected chi connectivity index (χ2v) is 3.63. The van der Waals surface area contributed by atoms with Crippen molar-refractivity contribution in [1.82, 2.24) is 15.1 Å². The molecule has 0 aliphatic rings. The fraction of sp³-hybridized carbons (Fsp3) is 0. The number of carbonyl (C=O) groups is 1. The standard InChI is InChI=1S/C12H7N3O3/c16-12(17)11-5-9(15-18-11)10-6-13-7-3-1-2-4-8(7)14-10/h1-6H,(H,16,17). The molecule has 0 unspecified atom stereocenters. The van der Waals surface area contributed by atoms with E-state index in [0.29, 0.717) is 11.4 Å². The Kier molecular flexibility index (Phi) is 2.26. The smallest absolute Gasteiger partial charge is 0.374 e. The van der Waals surface area contributed by atoms with Crippen LogP contribution in [-0.2, 0) is 0 Å². The van der Waals surface area contributed by atoms with Gasteiger partial charge in [-0.05, 0) is 12.1 Å². The van der Waals surface area contributed by atoms with Gasteiger partial charge in [0.25, 0.3) is 0 Å². The number of nitrogens with zero attached hydrogens (tertiary/aromatic N) is 3. The number of para-hydroxylation sites is 2. The van der Waals surface area contributed by atoms with E-state index in [9.17, 15) is 4.79 Å². The topological polar surface area (TPSA) is 89.1 Å². The summed E-state index contributed by atoms with van der Waals surface area (Å²) < 4.78 is 4.68. The van der Waals surface area contributed by atoms with Crippen LogP contribution >= 0.6 is 0 Å². The van der Waals surface area contributed by atoms with Gasteiger partial charge in [-0.3, -0.25) is 4.98 Å². The largest absolute Gasteiger partial charge is 0.475 e. The third kappa shape index (κ3) is 1.69. The highest BCUT2D eigenvalue weighted by Gasteiger charge is 2.13. The molecule has 2 aromatic heterocycles. The maximum atomic E-state index is 10.7. The van der Waals surface area contributed by atoms with Crippen LogP contribution in [-0.4, -0.2) is 26.2 Å². The van der Waals surface area contributed by atoms with E-state index in [1.54, 1.807) is 0 Å². The minimum absolute atomic E-state index is 0.222. The predicted molar refractivity (Wildman–Crippen MR) is 62.0 cm³/mol. The molecule has 0 bridgehead atoms. The molecule has 18 heavy (non-hydrogen) atoms. The summed E-state index contributed by atoms with van der Waals surface area (Å²) in [6, 6.07) is 8.71. The van der Waals surface area contributed by atoms with Gasteiger partial charge < -0.3 is 9.63 Å². The molecule has 1 N–H and O–H groups in total. The zero-order valence-corrected chi connectivity index (χ0v) is 9.07. The Morgan fingerprint density at radius 1 is 1.17 bits per heavy atom. The molecule has 0 saturated carbocycles.